The molecule has 1 N–H and O–H groups in total. The maximum Gasteiger partial charge on any atom is 0.262 e. The van der Waals surface area contributed by atoms with E-state index in [1.807, 2.05) is 12.1 Å². The monoisotopic (exact) mass is 405 g/mol. The first kappa shape index (κ1) is 18.2. The van der Waals surface area contributed by atoms with Gasteiger partial charge in [0.15, 0.2) is 11.4 Å². The molecule has 0 bridgehead atoms. The van der Waals surface area contributed by atoms with E-state index in [2.05, 4.69) is 52.5 Å². The molecule has 2 aromatic carbocycles. The molecule has 1 aromatic heterocycles. The Morgan fingerprint density at radius 3 is 2.86 bits per heavy atom. The maximum absolute atomic E-state index is 11.7. The van der Waals surface area contributed by atoms with Gasteiger partial charge in [0.1, 0.15) is 5.75 Å². The predicted molar refractivity (Wildman–Crippen MR) is 116 cm³/mol. The van der Waals surface area contributed by atoms with E-state index in [-0.39, 0.29) is 12.5 Å². The first-order chi connectivity index (χ1) is 14.2. The number of fused-ring (bicyclic) bond motifs is 1. The zero-order chi connectivity index (χ0) is 19.8. The summed E-state index contributed by atoms with van der Waals surface area (Å²) in [6.07, 6.45) is 4.86. The van der Waals surface area contributed by atoms with Gasteiger partial charge in [0, 0.05) is 17.0 Å². The van der Waals surface area contributed by atoms with Gasteiger partial charge in [-0.1, -0.05) is 25.0 Å². The fraction of sp³-hybridized carbons (Fsp3) is 0.304. The van der Waals surface area contributed by atoms with Crippen LogP contribution in [-0.4, -0.2) is 17.1 Å². The summed E-state index contributed by atoms with van der Waals surface area (Å²) in [6.45, 7) is 2.17. The fourth-order valence-corrected chi connectivity index (χ4v) is 5.16. The van der Waals surface area contributed by atoms with Gasteiger partial charge in [0.05, 0.1) is 17.1 Å². The Morgan fingerprint density at radius 1 is 1.17 bits per heavy atom. The van der Waals surface area contributed by atoms with Crippen LogP contribution in [0.2, 0.25) is 0 Å². The lowest BCUT2D eigenvalue weighted by Crippen LogP contribution is -2.25. The lowest BCUT2D eigenvalue weighted by molar-refractivity contribution is -0.118. The van der Waals surface area contributed by atoms with Gasteiger partial charge in [-0.05, 0) is 55.7 Å². The molecular weight excluding hydrogens is 382 g/mol. The molecule has 148 valence electrons. The number of rotatable bonds is 3. The second-order valence-electron chi connectivity index (χ2n) is 7.71. The molecule has 1 saturated carbocycles. The summed E-state index contributed by atoms with van der Waals surface area (Å²) in [5.41, 5.74) is 5.15. The normalized spacial score (nSPS) is 17.1. The highest BCUT2D eigenvalue weighted by molar-refractivity contribution is 7.07. The van der Waals surface area contributed by atoms with Crippen LogP contribution in [-0.2, 0) is 4.79 Å². The Morgan fingerprint density at radius 2 is 2.03 bits per heavy atom. The Hall–Kier alpha value is -2.86. The van der Waals surface area contributed by atoms with Gasteiger partial charge in [0.25, 0.3) is 5.91 Å². The highest BCUT2D eigenvalue weighted by atomic mass is 32.1. The van der Waals surface area contributed by atoms with Crippen LogP contribution < -0.4 is 14.9 Å². The van der Waals surface area contributed by atoms with Gasteiger partial charge >= 0.3 is 0 Å². The molecule has 0 atom stereocenters. The summed E-state index contributed by atoms with van der Waals surface area (Å²) in [5, 5.41) is 5.10. The summed E-state index contributed by atoms with van der Waals surface area (Å²) in [6, 6.07) is 14.8. The minimum absolute atomic E-state index is 0.0758. The van der Waals surface area contributed by atoms with Crippen molar-refractivity contribution in [1.82, 2.24) is 4.57 Å². The number of amides is 1. The molecule has 0 radical (unpaired) electrons. The highest BCUT2D eigenvalue weighted by Gasteiger charge is 2.23. The van der Waals surface area contributed by atoms with Gasteiger partial charge in [-0.3, -0.25) is 4.79 Å². The van der Waals surface area contributed by atoms with Crippen LogP contribution in [0.25, 0.3) is 11.3 Å². The third-order valence-electron chi connectivity index (χ3n) is 5.57. The highest BCUT2D eigenvalue weighted by Crippen LogP contribution is 2.37. The van der Waals surface area contributed by atoms with Crippen molar-refractivity contribution in [2.75, 3.05) is 11.9 Å². The molecule has 1 amide bonds. The average Bonchev–Trinajstić information content (AvgIpc) is 3.37. The molecule has 5 nitrogen and oxygen atoms in total. The predicted octanol–water partition coefficient (Wildman–Crippen LogP) is 5.20. The van der Waals surface area contributed by atoms with E-state index in [9.17, 15) is 4.79 Å². The van der Waals surface area contributed by atoms with Crippen molar-refractivity contribution >= 4 is 28.6 Å². The second kappa shape index (κ2) is 7.52. The zero-order valence-electron chi connectivity index (χ0n) is 16.4. The summed E-state index contributed by atoms with van der Waals surface area (Å²) in [5.74, 6) is 0.611. The van der Waals surface area contributed by atoms with Crippen LogP contribution in [0.15, 0.2) is 52.8 Å². The van der Waals surface area contributed by atoms with Crippen LogP contribution in [0.1, 0.15) is 37.3 Å². The van der Waals surface area contributed by atoms with E-state index in [0.29, 0.717) is 6.04 Å². The average molecular weight is 406 g/mol. The van der Waals surface area contributed by atoms with Crippen LogP contribution >= 0.6 is 11.3 Å². The minimum atomic E-state index is -0.112. The zero-order valence-corrected chi connectivity index (χ0v) is 17.2. The number of aryl methyl sites for hydroxylation is 1. The molecule has 1 aliphatic heterocycles. The minimum Gasteiger partial charge on any atom is -0.482 e. The molecule has 3 aromatic rings. The molecule has 2 heterocycles. The van der Waals surface area contributed by atoms with E-state index in [1.165, 1.54) is 31.2 Å². The Kier molecular flexibility index (Phi) is 4.72. The summed E-state index contributed by atoms with van der Waals surface area (Å²) >= 11 is 1.67. The number of hydrogen-bond acceptors (Lipinski definition) is 4. The van der Waals surface area contributed by atoms with Crippen molar-refractivity contribution in [2.45, 2.75) is 38.6 Å². The molecule has 29 heavy (non-hydrogen) atoms. The molecule has 1 fully saturated rings. The summed E-state index contributed by atoms with van der Waals surface area (Å²) < 4.78 is 7.91. The summed E-state index contributed by atoms with van der Waals surface area (Å²) in [4.78, 5) is 17.7. The van der Waals surface area contributed by atoms with Crippen molar-refractivity contribution in [2.24, 2.45) is 4.99 Å². The van der Waals surface area contributed by atoms with E-state index < -0.39 is 0 Å². The lowest BCUT2D eigenvalue weighted by atomic mass is 10.1. The molecule has 1 aliphatic carbocycles. The number of carbonyl (C=O) groups is 1. The number of nitrogens with zero attached hydrogens (tertiary/aromatic N) is 2. The largest absolute Gasteiger partial charge is 0.482 e. The quantitative estimate of drug-likeness (QED) is 0.651. The van der Waals surface area contributed by atoms with Crippen LogP contribution in [0.5, 0.6) is 5.75 Å². The number of benzene rings is 2. The molecule has 2 aliphatic rings. The summed E-state index contributed by atoms with van der Waals surface area (Å²) in [7, 11) is 0. The molecule has 0 unspecified atom stereocenters. The number of nitrogens with one attached hydrogen (secondary N) is 1. The van der Waals surface area contributed by atoms with Gasteiger partial charge in [-0.2, -0.15) is 0 Å². The first-order valence-electron chi connectivity index (χ1n) is 10.1. The topological polar surface area (TPSA) is 55.6 Å². The van der Waals surface area contributed by atoms with Gasteiger partial charge in [-0.15, -0.1) is 11.3 Å². The maximum atomic E-state index is 11.7. The smallest absolute Gasteiger partial charge is 0.262 e. The number of hydrogen-bond donors (Lipinski definition) is 1. The number of aromatic nitrogens is 1. The molecule has 6 heteroatoms. The molecule has 0 saturated heterocycles. The van der Waals surface area contributed by atoms with E-state index in [0.717, 1.165) is 33.2 Å². The molecule has 0 spiro atoms. The van der Waals surface area contributed by atoms with Gasteiger partial charge in [-0.25, -0.2) is 4.99 Å². The molecule has 5 rings (SSSR count). The van der Waals surface area contributed by atoms with E-state index >= 15 is 0 Å². The number of carbonyl (C=O) groups excluding carboxylic acids is 1. The Balaban J connectivity index is 1.63. The fourth-order valence-electron chi connectivity index (χ4n) is 4.18. The lowest BCUT2D eigenvalue weighted by Gasteiger charge is -2.20. The SMILES string of the molecule is Cc1cccc(N=c2scc(-c3ccc4c(c3)NC(=O)CO4)n2C2CCCC2)c1. The number of thiazole rings is 1. The second-order valence-corrected chi connectivity index (χ2v) is 8.55. The van der Waals surface area contributed by atoms with Crippen molar-refractivity contribution in [3.63, 3.8) is 0 Å². The Labute approximate surface area is 173 Å². The molecular formula is C23H23N3O2S. The number of ether oxygens (including phenoxy) is 1. The van der Waals surface area contributed by atoms with Crippen molar-refractivity contribution in [1.29, 1.82) is 0 Å². The van der Waals surface area contributed by atoms with Crippen LogP contribution in [0, 0.1) is 6.92 Å². The van der Waals surface area contributed by atoms with E-state index in [4.69, 9.17) is 9.73 Å². The van der Waals surface area contributed by atoms with Gasteiger partial charge < -0.3 is 14.6 Å². The number of anilines is 1. The Bertz CT molecular complexity index is 1140. The third-order valence-corrected chi connectivity index (χ3v) is 6.41. The van der Waals surface area contributed by atoms with Crippen LogP contribution in [0.4, 0.5) is 11.4 Å². The van der Waals surface area contributed by atoms with E-state index in [1.54, 1.807) is 11.3 Å². The van der Waals surface area contributed by atoms with Crippen molar-refractivity contribution in [3.05, 3.63) is 58.2 Å². The van der Waals surface area contributed by atoms with Gasteiger partial charge in [0.2, 0.25) is 0 Å². The van der Waals surface area contributed by atoms with Crippen molar-refractivity contribution in [3.8, 4) is 17.0 Å². The van der Waals surface area contributed by atoms with Crippen molar-refractivity contribution < 1.29 is 9.53 Å². The van der Waals surface area contributed by atoms with Crippen LogP contribution in [0.3, 0.4) is 0 Å². The standard InChI is InChI=1S/C23H23N3O2S/c1-15-5-4-6-17(11-15)24-23-26(18-7-2-3-8-18)20(14-29-23)16-9-10-21-19(12-16)25-22(27)13-28-21/h4-6,9-12,14,18H,2-3,7-8,13H2,1H3,(H,25,27). The first-order valence-corrected chi connectivity index (χ1v) is 10.9. The third kappa shape index (κ3) is 3.60.